The molecule has 1 aromatic carbocycles. The Morgan fingerprint density at radius 1 is 1.13 bits per heavy atom. The third-order valence-electron chi connectivity index (χ3n) is 1.95. The lowest BCUT2D eigenvalue weighted by molar-refractivity contribution is -0.154. The molecule has 0 aromatic heterocycles. The van der Waals surface area contributed by atoms with Crippen LogP contribution in [0.25, 0.3) is 0 Å². The zero-order valence-corrected chi connectivity index (χ0v) is 9.84. The minimum Gasteiger partial charge on any atom is -0.481 e. The molecule has 4 nitrogen and oxygen atoms in total. The molecule has 0 aliphatic carbocycles. The van der Waals surface area contributed by atoms with Crippen molar-refractivity contribution < 1.29 is 19.8 Å². The molecule has 0 amide bonds. The lowest BCUT2D eigenvalue weighted by Gasteiger charge is -2.06. The van der Waals surface area contributed by atoms with Gasteiger partial charge in [-0.2, -0.15) is 0 Å². The van der Waals surface area contributed by atoms with E-state index in [1.807, 2.05) is 12.1 Å². The molecule has 0 radical (unpaired) electrons. The van der Waals surface area contributed by atoms with E-state index < -0.39 is 17.9 Å². The average Bonchev–Trinajstić information content (AvgIpc) is 2.15. The number of aliphatic carboxylic acids is 2. The summed E-state index contributed by atoms with van der Waals surface area (Å²) in [6.07, 6.45) is 0.0155. The van der Waals surface area contributed by atoms with Gasteiger partial charge in [0.2, 0.25) is 0 Å². The first-order valence-corrected chi connectivity index (χ1v) is 5.28. The van der Waals surface area contributed by atoms with E-state index in [0.29, 0.717) is 5.56 Å². The summed E-state index contributed by atoms with van der Waals surface area (Å²) in [6, 6.07) is 7.11. The van der Waals surface area contributed by atoms with Crippen LogP contribution in [-0.2, 0) is 16.0 Å². The van der Waals surface area contributed by atoms with Crippen LogP contribution >= 0.6 is 22.6 Å². The Morgan fingerprint density at radius 2 is 1.60 bits per heavy atom. The minimum absolute atomic E-state index is 0.0155. The molecule has 1 aromatic rings. The van der Waals surface area contributed by atoms with Crippen molar-refractivity contribution >= 4 is 34.5 Å². The maximum absolute atomic E-state index is 10.6. The molecule has 0 fully saturated rings. The molecule has 0 spiro atoms. The molecule has 80 valence electrons. The van der Waals surface area contributed by atoms with Gasteiger partial charge in [0.25, 0.3) is 0 Å². The Bertz CT molecular complexity index is 358. The van der Waals surface area contributed by atoms with Crippen LogP contribution in [0.2, 0.25) is 0 Å². The third kappa shape index (κ3) is 3.50. The Morgan fingerprint density at radius 3 is 2.00 bits per heavy atom. The molecular weight excluding hydrogens is 307 g/mol. The first kappa shape index (κ1) is 12.0. The van der Waals surface area contributed by atoms with Crippen LogP contribution in [-0.4, -0.2) is 22.2 Å². The van der Waals surface area contributed by atoms with Crippen molar-refractivity contribution in [2.75, 3.05) is 0 Å². The van der Waals surface area contributed by atoms with Gasteiger partial charge in [0, 0.05) is 3.57 Å². The fraction of sp³-hybridized carbons (Fsp3) is 0.200. The second-order valence-corrected chi connectivity index (χ2v) is 4.31. The highest BCUT2D eigenvalue weighted by Gasteiger charge is 2.25. The highest BCUT2D eigenvalue weighted by molar-refractivity contribution is 14.1. The highest BCUT2D eigenvalue weighted by atomic mass is 123. The summed E-state index contributed by atoms with van der Waals surface area (Å²) >= 11 is 2.12. The smallest absolute Gasteiger partial charge is 0.318 e. The molecule has 1 rings (SSSR count). The summed E-state index contributed by atoms with van der Waals surface area (Å²) in [5, 5.41) is 17.4. The van der Waals surface area contributed by atoms with Crippen LogP contribution in [0.4, 0.5) is 0 Å². The molecule has 15 heavy (non-hydrogen) atoms. The van der Waals surface area contributed by atoms with Gasteiger partial charge in [0.15, 0.2) is 5.92 Å². The highest BCUT2D eigenvalue weighted by Crippen LogP contribution is 2.12. The summed E-state index contributed by atoms with van der Waals surface area (Å²) in [6.45, 7) is 0. The molecule has 0 bridgehead atoms. The zero-order chi connectivity index (χ0) is 11.4. The minimum atomic E-state index is -1.37. The largest absolute Gasteiger partial charge is 0.481 e. The van der Waals surface area contributed by atoms with E-state index in [0.717, 1.165) is 3.57 Å². The van der Waals surface area contributed by atoms with E-state index in [-0.39, 0.29) is 6.42 Å². The number of hydrogen-bond donors (Lipinski definition) is 2. The van der Waals surface area contributed by atoms with Gasteiger partial charge in [-0.15, -0.1) is 0 Å². The number of rotatable bonds is 4. The molecule has 5 heteroatoms. The monoisotopic (exact) mass is 316 g/mol. The summed E-state index contributed by atoms with van der Waals surface area (Å²) in [5.41, 5.74) is 0.713. The normalized spacial score (nSPS) is 10.3. The standard InChI is InChI=1S/C10H9IO4/c11-7-3-1-6(2-4-7)5-8(9(12)13)10(14)15/h1-4,8H,5H2,(H,12,13)(H,14,15)/i11-4. The quantitative estimate of drug-likeness (QED) is 0.654. The molecule has 0 saturated carbocycles. The van der Waals surface area contributed by atoms with Crippen molar-refractivity contribution in [3.8, 4) is 0 Å². The number of halogens is 1. The lowest BCUT2D eigenvalue weighted by atomic mass is 10.00. The van der Waals surface area contributed by atoms with Gasteiger partial charge < -0.3 is 10.2 Å². The topological polar surface area (TPSA) is 74.6 Å². The van der Waals surface area contributed by atoms with Crippen molar-refractivity contribution in [1.82, 2.24) is 0 Å². The molecule has 0 aliphatic heterocycles. The van der Waals surface area contributed by atoms with Gasteiger partial charge in [-0.3, -0.25) is 9.59 Å². The van der Waals surface area contributed by atoms with Crippen molar-refractivity contribution in [2.24, 2.45) is 5.92 Å². The Labute approximate surface area is 100 Å². The van der Waals surface area contributed by atoms with Crippen LogP contribution in [0.3, 0.4) is 0 Å². The van der Waals surface area contributed by atoms with E-state index in [9.17, 15) is 9.59 Å². The molecule has 0 heterocycles. The van der Waals surface area contributed by atoms with E-state index in [1.165, 1.54) is 0 Å². The number of carboxylic acids is 2. The summed E-state index contributed by atoms with van der Waals surface area (Å²) < 4.78 is 1.03. The molecule has 2 N–H and O–H groups in total. The number of carboxylic acid groups (broad SMARTS) is 2. The third-order valence-corrected chi connectivity index (χ3v) is 2.67. The summed E-state index contributed by atoms with van der Waals surface area (Å²) in [5.74, 6) is -3.98. The predicted octanol–water partition coefficient (Wildman–Crippen LogP) is 1.62. The maximum Gasteiger partial charge on any atom is 0.318 e. The van der Waals surface area contributed by atoms with Crippen molar-refractivity contribution in [3.63, 3.8) is 0 Å². The Balaban J connectivity index is 2.79. The van der Waals surface area contributed by atoms with Crippen LogP contribution in [0, 0.1) is 9.49 Å². The molecule has 0 aliphatic rings. The molecule has 0 unspecified atom stereocenters. The van der Waals surface area contributed by atoms with Gasteiger partial charge >= 0.3 is 11.9 Å². The zero-order valence-electron chi connectivity index (χ0n) is 7.68. The maximum atomic E-state index is 10.6. The molecular formula is C10H9IO4. The summed E-state index contributed by atoms with van der Waals surface area (Å²) in [7, 11) is 0. The van der Waals surface area contributed by atoms with Crippen LogP contribution in [0.15, 0.2) is 24.3 Å². The fourth-order valence-electron chi connectivity index (χ4n) is 1.14. The summed E-state index contributed by atoms with van der Waals surface area (Å²) in [4.78, 5) is 21.3. The first-order valence-electron chi connectivity index (χ1n) is 4.20. The van der Waals surface area contributed by atoms with E-state index in [4.69, 9.17) is 10.2 Å². The van der Waals surface area contributed by atoms with Crippen molar-refractivity contribution in [3.05, 3.63) is 33.4 Å². The second-order valence-electron chi connectivity index (χ2n) is 3.06. The SMILES string of the molecule is O=C(O)C(Cc1ccc([123I])cc1)C(=O)O. The molecule has 0 saturated heterocycles. The van der Waals surface area contributed by atoms with Gasteiger partial charge in [-0.1, -0.05) is 12.1 Å². The van der Waals surface area contributed by atoms with E-state index >= 15 is 0 Å². The Kier molecular flexibility index (Phi) is 4.07. The van der Waals surface area contributed by atoms with Crippen LogP contribution in [0.5, 0.6) is 0 Å². The van der Waals surface area contributed by atoms with E-state index in [1.54, 1.807) is 12.1 Å². The van der Waals surface area contributed by atoms with E-state index in [2.05, 4.69) is 22.6 Å². The van der Waals surface area contributed by atoms with Gasteiger partial charge in [-0.25, -0.2) is 0 Å². The number of hydrogen-bond acceptors (Lipinski definition) is 2. The number of benzene rings is 1. The van der Waals surface area contributed by atoms with Gasteiger partial charge in [-0.05, 0) is 46.7 Å². The van der Waals surface area contributed by atoms with Gasteiger partial charge in [0.1, 0.15) is 0 Å². The van der Waals surface area contributed by atoms with Crippen molar-refractivity contribution in [1.29, 1.82) is 0 Å². The average molecular weight is 316 g/mol. The molecule has 0 atom stereocenters. The van der Waals surface area contributed by atoms with Crippen LogP contribution in [0.1, 0.15) is 5.56 Å². The van der Waals surface area contributed by atoms with Gasteiger partial charge in [0.05, 0.1) is 0 Å². The second kappa shape index (κ2) is 5.11. The Hall–Kier alpha value is -1.11. The van der Waals surface area contributed by atoms with Crippen LogP contribution < -0.4 is 0 Å². The number of carbonyl (C=O) groups is 2. The van der Waals surface area contributed by atoms with Crippen molar-refractivity contribution in [2.45, 2.75) is 6.42 Å². The fourth-order valence-corrected chi connectivity index (χ4v) is 1.50. The first-order chi connectivity index (χ1) is 7.00. The predicted molar refractivity (Wildman–Crippen MR) is 61.6 cm³/mol. The lowest BCUT2D eigenvalue weighted by Crippen LogP contribution is -2.25.